The molecule has 1 unspecified atom stereocenters. The number of benzene rings is 2. The van der Waals surface area contributed by atoms with Crippen LogP contribution < -0.4 is 10.1 Å². The first-order valence-electron chi connectivity index (χ1n) is 24.0. The topological polar surface area (TPSA) is 279 Å². The van der Waals surface area contributed by atoms with Crippen molar-refractivity contribution >= 4 is 40.3 Å². The number of esters is 1. The van der Waals surface area contributed by atoms with E-state index in [-0.39, 0.29) is 63.8 Å². The van der Waals surface area contributed by atoms with E-state index in [1.807, 2.05) is 14.0 Å². The number of aromatic hydroxyl groups is 3. The molecule has 4 aliphatic heterocycles. The summed E-state index contributed by atoms with van der Waals surface area (Å²) in [6, 6.07) is 0. The molecule has 20 heteroatoms. The highest BCUT2D eigenvalue weighted by Gasteiger charge is 2.50. The average Bonchev–Trinajstić information content (AvgIpc) is 3.60. The fourth-order valence-corrected chi connectivity index (χ4v) is 8.68. The lowest BCUT2D eigenvalue weighted by Gasteiger charge is -2.38. The van der Waals surface area contributed by atoms with Crippen molar-refractivity contribution in [3.63, 3.8) is 0 Å². The smallest absolute Gasteiger partial charge is 0.312 e. The largest absolute Gasteiger partial charge is 0.507 e. The molecule has 71 heavy (non-hydrogen) atoms. The van der Waals surface area contributed by atoms with Gasteiger partial charge in [0.05, 0.1) is 85.5 Å². The maximum Gasteiger partial charge on any atom is 0.312 e. The van der Waals surface area contributed by atoms with Crippen molar-refractivity contribution in [1.82, 2.24) is 9.91 Å². The van der Waals surface area contributed by atoms with E-state index in [0.717, 1.165) is 19.5 Å². The third-order valence-electron chi connectivity index (χ3n) is 13.3. The summed E-state index contributed by atoms with van der Waals surface area (Å²) in [4.78, 5) is 42.6. The molecule has 1 saturated heterocycles. The number of ketones is 1. The third kappa shape index (κ3) is 14.2. The SMILES string of the molecule is CC(CCOCCO)OCCO.CO[C@H]1/C=C/O[C@@]2(C)Oc3c(C)c(O)c4c(O)c(c(/C=N\N5CCN(C)CC5)c(O)c4c3C2=O)NC(=O)/C(C)=C\C=C\[C@H](C)[C@H](O)[C@@H](C)[C@@H](O)[C@@H](C)[C@H](OC(C)=O)[C@@H]1C. The van der Waals surface area contributed by atoms with Gasteiger partial charge in [-0.2, -0.15) is 5.10 Å². The lowest BCUT2D eigenvalue weighted by atomic mass is 9.78. The van der Waals surface area contributed by atoms with E-state index in [2.05, 4.69) is 15.3 Å². The zero-order chi connectivity index (χ0) is 52.9. The fraction of sp³-hybridized carbons (Fsp3) is 0.608. The summed E-state index contributed by atoms with van der Waals surface area (Å²) in [7, 11) is 3.42. The lowest BCUT2D eigenvalue weighted by Crippen LogP contribution is -2.46. The predicted molar refractivity (Wildman–Crippen MR) is 266 cm³/mol. The summed E-state index contributed by atoms with van der Waals surface area (Å²) in [5.41, 5.74) is -0.350. The number of amides is 1. The van der Waals surface area contributed by atoms with Gasteiger partial charge in [-0.15, -0.1) is 0 Å². The van der Waals surface area contributed by atoms with Crippen molar-refractivity contribution in [2.24, 2.45) is 28.8 Å². The standard InChI is InChI=1S/C43H58N4O12.C8H18O4/c1-21-12-11-13-22(2)42(55)45-33-28(20-44-47-17-15-46(9)16-18-47)37(52)30-31(38(33)53)36(51)26(6)40-32(30)41(54)43(8,59-40)57-19-14-29(56-10)23(3)39(58-27(7)48)25(5)35(50)24(4)34(21)49;1-8(12-7-4-10)2-5-11-6-3-9/h11-14,19-21,23-25,29,34-35,39,49-53H,15-18H2,1-10H3,(H,45,55);8-10H,2-7H2,1H3/b12-11+,19-14+,22-13-,44-20-;/t21-,23+,24+,25+,29-,34-,35+,39+,43-;/m0./s1. The van der Waals surface area contributed by atoms with Gasteiger partial charge < -0.3 is 74.4 Å². The molecule has 0 aliphatic carbocycles. The number of nitrogens with one attached hydrogen (secondary N) is 1. The zero-order valence-electron chi connectivity index (χ0n) is 42.9. The van der Waals surface area contributed by atoms with Crippen molar-refractivity contribution in [3.8, 4) is 23.0 Å². The first kappa shape index (κ1) is 58.3. The number of phenols is 3. The van der Waals surface area contributed by atoms with Crippen LogP contribution in [0.15, 0.2) is 41.2 Å². The number of nitrogens with zero attached hydrogens (tertiary/aromatic N) is 3. The van der Waals surface area contributed by atoms with Gasteiger partial charge in [0.1, 0.15) is 23.4 Å². The van der Waals surface area contributed by atoms with Gasteiger partial charge >= 0.3 is 11.8 Å². The van der Waals surface area contributed by atoms with Crippen LogP contribution >= 0.6 is 0 Å². The molecule has 1 amide bonds. The summed E-state index contributed by atoms with van der Waals surface area (Å²) in [5.74, 6) is -8.34. The summed E-state index contributed by atoms with van der Waals surface area (Å²) >= 11 is 0. The van der Waals surface area contributed by atoms with E-state index in [0.29, 0.717) is 32.9 Å². The summed E-state index contributed by atoms with van der Waals surface area (Å²) in [6.45, 7) is 18.5. The number of aliphatic hydroxyl groups is 4. The number of hydrogen-bond acceptors (Lipinski definition) is 19. The summed E-state index contributed by atoms with van der Waals surface area (Å²) in [5, 5.41) is 83.7. The second-order valence-corrected chi connectivity index (χ2v) is 18.6. The molecule has 8 N–H and O–H groups in total. The van der Waals surface area contributed by atoms with Gasteiger partial charge in [-0.1, -0.05) is 45.9 Å². The third-order valence-corrected chi connectivity index (χ3v) is 13.3. The molecule has 2 aromatic rings. The van der Waals surface area contributed by atoms with Crippen LogP contribution in [-0.2, 0) is 33.3 Å². The van der Waals surface area contributed by atoms with Crippen LogP contribution in [0.1, 0.15) is 83.3 Å². The molecule has 0 saturated carbocycles. The number of aliphatic hydroxyl groups excluding tert-OH is 4. The highest BCUT2D eigenvalue weighted by Crippen LogP contribution is 2.55. The normalized spacial score (nSPS) is 28.9. The number of carbonyl (C=O) groups is 3. The molecule has 20 nitrogen and oxygen atoms in total. The molecule has 5 bridgehead atoms. The monoisotopic (exact) mass is 1000 g/mol. The maximum atomic E-state index is 14.4. The Morgan fingerprint density at radius 3 is 2.21 bits per heavy atom. The van der Waals surface area contributed by atoms with Gasteiger partial charge in [0.25, 0.3) is 11.7 Å². The number of anilines is 1. The van der Waals surface area contributed by atoms with E-state index in [9.17, 15) is 39.9 Å². The van der Waals surface area contributed by atoms with Crippen LogP contribution in [-0.4, -0.2) is 179 Å². The Balaban J connectivity index is 0.000000805. The number of carbonyl (C=O) groups excluding carboxylic acids is 3. The minimum atomic E-state index is -2.04. The van der Waals surface area contributed by atoms with Gasteiger partial charge in [0, 0.05) is 93.9 Å². The van der Waals surface area contributed by atoms with E-state index in [4.69, 9.17) is 38.6 Å². The Hall–Kier alpha value is -5.32. The number of methoxy groups -OCH3 is 1. The minimum absolute atomic E-state index is 0.0559. The molecule has 2 aromatic carbocycles. The lowest BCUT2D eigenvalue weighted by molar-refractivity contribution is -0.160. The van der Waals surface area contributed by atoms with Gasteiger partial charge in [0.15, 0.2) is 5.75 Å². The molecule has 6 rings (SSSR count). The Morgan fingerprint density at radius 1 is 0.930 bits per heavy atom. The second kappa shape index (κ2) is 26.4. The highest BCUT2D eigenvalue weighted by molar-refractivity contribution is 6.23. The van der Waals surface area contributed by atoms with Crippen molar-refractivity contribution in [3.05, 3.63) is 52.8 Å². The molecule has 0 spiro atoms. The molecule has 1 fully saturated rings. The van der Waals surface area contributed by atoms with Crippen LogP contribution in [0.4, 0.5) is 5.69 Å². The van der Waals surface area contributed by atoms with Crippen LogP contribution in [0.3, 0.4) is 0 Å². The van der Waals surface area contributed by atoms with Crippen LogP contribution in [0, 0.1) is 30.6 Å². The minimum Gasteiger partial charge on any atom is -0.507 e. The van der Waals surface area contributed by atoms with Crippen LogP contribution in [0.2, 0.25) is 0 Å². The number of Topliss-reactive ketones (excluding diaryl/α,β-unsaturated/α-hetero) is 1. The summed E-state index contributed by atoms with van der Waals surface area (Å²) < 4.78 is 33.8. The molecular weight excluding hydrogens is 925 g/mol. The number of piperazine rings is 1. The molecule has 10 atom stereocenters. The highest BCUT2D eigenvalue weighted by atomic mass is 16.7. The first-order chi connectivity index (χ1) is 33.5. The molecule has 4 heterocycles. The summed E-state index contributed by atoms with van der Waals surface area (Å²) in [6.07, 6.45) is 5.76. The quantitative estimate of drug-likeness (QED) is 0.0488. The average molecular weight is 1000 g/mol. The van der Waals surface area contributed by atoms with Gasteiger partial charge in [-0.3, -0.25) is 19.4 Å². The fourth-order valence-electron chi connectivity index (χ4n) is 8.68. The van der Waals surface area contributed by atoms with Crippen molar-refractivity contribution in [1.29, 1.82) is 0 Å². The number of allylic oxidation sites excluding steroid dienone is 2. The number of likely N-dealkylation sites (N-methyl/N-ethyl adjacent to an activating group) is 1. The van der Waals surface area contributed by atoms with E-state index in [1.165, 1.54) is 59.4 Å². The Morgan fingerprint density at radius 2 is 1.59 bits per heavy atom. The van der Waals surface area contributed by atoms with Crippen LogP contribution in [0.25, 0.3) is 10.8 Å². The van der Waals surface area contributed by atoms with E-state index < -0.39 is 88.8 Å². The van der Waals surface area contributed by atoms with Gasteiger partial charge in [-0.05, 0) is 40.3 Å². The van der Waals surface area contributed by atoms with Crippen LogP contribution in [0.5, 0.6) is 23.0 Å². The molecule has 0 radical (unpaired) electrons. The van der Waals surface area contributed by atoms with Crippen molar-refractivity contribution in [2.75, 3.05) is 78.7 Å². The molecule has 4 aliphatic rings. The number of rotatable bonds is 12. The number of hydrogen-bond donors (Lipinski definition) is 8. The number of hydrazone groups is 1. The Labute approximate surface area is 416 Å². The number of phenolic OH excluding ortho intramolecular Hbond substituents is 3. The zero-order valence-corrected chi connectivity index (χ0v) is 42.9. The Bertz CT molecular complexity index is 2280. The van der Waals surface area contributed by atoms with Gasteiger partial charge in [0.2, 0.25) is 0 Å². The second-order valence-electron chi connectivity index (χ2n) is 18.6. The molecule has 396 valence electrons. The van der Waals surface area contributed by atoms with Gasteiger partial charge in [-0.25, -0.2) is 0 Å². The molecule has 0 aromatic heterocycles. The molecular formula is C51H76N4O16. The predicted octanol–water partition coefficient (Wildman–Crippen LogP) is 4.12. The van der Waals surface area contributed by atoms with Crippen molar-refractivity contribution < 1.29 is 78.6 Å². The number of ether oxygens (including phenoxy) is 6. The Kier molecular flexibility index (Phi) is 21.7. The van der Waals surface area contributed by atoms with E-state index >= 15 is 0 Å². The maximum absolute atomic E-state index is 14.4. The first-order valence-corrected chi connectivity index (χ1v) is 24.0. The van der Waals surface area contributed by atoms with Crippen molar-refractivity contribution in [2.45, 2.75) is 105 Å². The number of fused-ring (bicyclic) bond motifs is 14. The van der Waals surface area contributed by atoms with E-state index in [1.54, 1.807) is 44.9 Å².